The van der Waals surface area contributed by atoms with E-state index in [1.165, 1.54) is 0 Å². The van der Waals surface area contributed by atoms with Gasteiger partial charge in [0, 0.05) is 0 Å². The molecule has 0 bridgehead atoms. The quantitative estimate of drug-likeness (QED) is 0.525. The number of amides is 3. The third kappa shape index (κ3) is 5.39. The summed E-state index contributed by atoms with van der Waals surface area (Å²) in [5.74, 6) is -31.8. The minimum atomic E-state index is -7.03. The molecule has 0 spiro atoms. The first-order chi connectivity index (χ1) is 15.3. The van der Waals surface area contributed by atoms with Gasteiger partial charge in [0.25, 0.3) is 0 Å². The highest BCUT2D eigenvalue weighted by atomic mass is 19.4. The number of hydrogen-bond acceptors (Lipinski definition) is 3. The summed E-state index contributed by atoms with van der Waals surface area (Å²) < 4.78 is 192. The Balaban J connectivity index is 3.82. The third-order valence-corrected chi connectivity index (χ3v) is 3.69. The molecular weight excluding hydrogens is 541 g/mol. The summed E-state index contributed by atoms with van der Waals surface area (Å²) in [4.78, 5) is 32.6. The van der Waals surface area contributed by atoms with Crippen LogP contribution < -0.4 is 10.2 Å². The van der Waals surface area contributed by atoms with Gasteiger partial charge in [0.1, 0.15) is 0 Å². The largest absolute Gasteiger partial charge is 0.463 e. The second-order valence-corrected chi connectivity index (χ2v) is 6.13. The summed E-state index contributed by atoms with van der Waals surface area (Å²) in [5, 5.41) is 0.521. The molecule has 1 aromatic rings. The Labute approximate surface area is 181 Å². The van der Waals surface area contributed by atoms with Crippen molar-refractivity contribution in [2.24, 2.45) is 0 Å². The first-order valence-corrected chi connectivity index (χ1v) is 7.95. The molecule has 1 aromatic carbocycles. The number of nitrogens with zero attached hydrogens (tertiary/aromatic N) is 1. The Morgan fingerprint density at radius 3 is 1.26 bits per heavy atom. The summed E-state index contributed by atoms with van der Waals surface area (Å²) in [6.07, 6.45) is -20.7. The predicted molar refractivity (Wildman–Crippen MR) is 80.6 cm³/mol. The van der Waals surface area contributed by atoms with E-state index in [0.29, 0.717) is 17.4 Å². The standard InChI is InChI=1S/C15H5F15N2O3/c16-10(17,13(22,23)24)7(33)31-5-3-1-2-4-6(5)32(8(34)11(18,19)14(25,26)27)9(35)12(20,21)15(28,29)30/h1-4H,(H,31,33). The van der Waals surface area contributed by atoms with Gasteiger partial charge >= 0.3 is 54.0 Å². The van der Waals surface area contributed by atoms with E-state index in [1.54, 1.807) is 0 Å². The average Bonchev–Trinajstić information content (AvgIpc) is 2.66. The molecule has 3 amide bonds. The van der Waals surface area contributed by atoms with E-state index in [-0.39, 0.29) is 12.1 Å². The fraction of sp³-hybridized carbons (Fsp3) is 0.400. The molecule has 0 saturated carbocycles. The van der Waals surface area contributed by atoms with Crippen molar-refractivity contribution in [1.82, 2.24) is 0 Å². The monoisotopic (exact) mass is 546 g/mol. The van der Waals surface area contributed by atoms with Crippen LogP contribution in [0.5, 0.6) is 0 Å². The smallest absolute Gasteiger partial charge is 0.319 e. The lowest BCUT2D eigenvalue weighted by molar-refractivity contribution is -0.273. The van der Waals surface area contributed by atoms with Crippen molar-refractivity contribution in [3.8, 4) is 0 Å². The van der Waals surface area contributed by atoms with E-state index in [2.05, 4.69) is 0 Å². The van der Waals surface area contributed by atoms with E-state index in [0.717, 1.165) is 0 Å². The molecule has 0 aromatic heterocycles. The first kappa shape index (κ1) is 29.8. The molecule has 35 heavy (non-hydrogen) atoms. The minimum Gasteiger partial charge on any atom is -0.319 e. The second-order valence-electron chi connectivity index (χ2n) is 6.13. The molecule has 0 aliphatic heterocycles. The molecule has 1 N–H and O–H groups in total. The number of para-hydroxylation sites is 2. The molecule has 0 atom stereocenters. The van der Waals surface area contributed by atoms with Crippen LogP contribution in [-0.2, 0) is 14.4 Å². The van der Waals surface area contributed by atoms with Gasteiger partial charge in [-0.1, -0.05) is 12.1 Å². The van der Waals surface area contributed by atoms with Gasteiger partial charge in [-0.2, -0.15) is 65.9 Å². The highest BCUT2D eigenvalue weighted by Crippen LogP contribution is 2.44. The van der Waals surface area contributed by atoms with E-state index >= 15 is 0 Å². The van der Waals surface area contributed by atoms with E-state index < -0.39 is 70.3 Å². The van der Waals surface area contributed by atoms with Crippen molar-refractivity contribution >= 4 is 29.1 Å². The van der Waals surface area contributed by atoms with Crippen LogP contribution in [0.15, 0.2) is 24.3 Å². The zero-order valence-corrected chi connectivity index (χ0v) is 15.7. The van der Waals surface area contributed by atoms with Gasteiger partial charge in [0.2, 0.25) is 0 Å². The maximum absolute atomic E-state index is 13.5. The lowest BCUT2D eigenvalue weighted by atomic mass is 10.1. The molecule has 0 aliphatic rings. The number of nitrogens with one attached hydrogen (secondary N) is 1. The molecule has 0 unspecified atom stereocenters. The number of halogens is 15. The van der Waals surface area contributed by atoms with Crippen LogP contribution in [-0.4, -0.2) is 54.0 Å². The van der Waals surface area contributed by atoms with Gasteiger partial charge in [0.05, 0.1) is 11.4 Å². The molecule has 0 saturated heterocycles. The molecule has 5 nitrogen and oxygen atoms in total. The Hall–Kier alpha value is -3.22. The molecule has 0 fully saturated rings. The number of benzene rings is 1. The summed E-state index contributed by atoms with van der Waals surface area (Å²) in [7, 11) is 0. The SMILES string of the molecule is O=C(Nc1ccccc1N(C(=O)C(F)(F)C(F)(F)F)C(=O)C(F)(F)C(F)(F)F)C(F)(F)C(F)(F)F. The van der Waals surface area contributed by atoms with E-state index in [1.807, 2.05) is 0 Å². The number of carbonyl (C=O) groups is 3. The van der Waals surface area contributed by atoms with Crippen LogP contribution in [0.25, 0.3) is 0 Å². The highest BCUT2D eigenvalue weighted by molar-refractivity contribution is 6.21. The molecule has 0 radical (unpaired) electrons. The van der Waals surface area contributed by atoms with Gasteiger partial charge < -0.3 is 5.32 Å². The molecular formula is C15H5F15N2O3. The third-order valence-electron chi connectivity index (χ3n) is 3.69. The van der Waals surface area contributed by atoms with Crippen LogP contribution in [0.3, 0.4) is 0 Å². The summed E-state index contributed by atoms with van der Waals surface area (Å²) in [6, 6.07) is 0.612. The molecule has 20 heteroatoms. The second kappa shape index (κ2) is 8.77. The van der Waals surface area contributed by atoms with Crippen LogP contribution in [0.4, 0.5) is 77.2 Å². The van der Waals surface area contributed by atoms with Crippen LogP contribution in [0, 0.1) is 0 Å². The normalized spacial score (nSPS) is 13.9. The number of alkyl halides is 15. The Kier molecular flexibility index (Phi) is 7.47. The van der Waals surface area contributed by atoms with Crippen molar-refractivity contribution in [2.45, 2.75) is 36.3 Å². The number of hydrogen-bond donors (Lipinski definition) is 1. The fourth-order valence-electron chi connectivity index (χ4n) is 1.94. The number of rotatable bonds is 5. The lowest BCUT2D eigenvalue weighted by Crippen LogP contribution is -2.60. The Bertz CT molecular complexity index is 957. The topological polar surface area (TPSA) is 66.5 Å². The van der Waals surface area contributed by atoms with E-state index in [4.69, 9.17) is 0 Å². The number of carbonyl (C=O) groups excluding carboxylic acids is 3. The van der Waals surface area contributed by atoms with Gasteiger partial charge in [-0.05, 0) is 12.1 Å². The van der Waals surface area contributed by atoms with Gasteiger partial charge in [-0.15, -0.1) is 0 Å². The van der Waals surface area contributed by atoms with Gasteiger partial charge in [-0.25, -0.2) is 4.90 Å². The summed E-state index contributed by atoms with van der Waals surface area (Å²) in [5.41, 5.74) is -4.19. The zero-order valence-electron chi connectivity index (χ0n) is 15.7. The van der Waals surface area contributed by atoms with Crippen molar-refractivity contribution in [3.63, 3.8) is 0 Å². The Morgan fingerprint density at radius 2 is 0.914 bits per heavy atom. The molecule has 0 aliphatic carbocycles. The maximum Gasteiger partial charge on any atom is 0.463 e. The minimum absolute atomic E-state index is 0.00467. The van der Waals surface area contributed by atoms with Crippen LogP contribution in [0.2, 0.25) is 0 Å². The van der Waals surface area contributed by atoms with Crippen molar-refractivity contribution in [1.29, 1.82) is 0 Å². The molecule has 198 valence electrons. The number of anilines is 2. The average molecular weight is 546 g/mol. The lowest BCUT2D eigenvalue weighted by Gasteiger charge is -2.31. The first-order valence-electron chi connectivity index (χ1n) is 7.95. The summed E-state index contributed by atoms with van der Waals surface area (Å²) in [6.45, 7) is 0. The predicted octanol–water partition coefficient (Wildman–Crippen LogP) is 5.08. The van der Waals surface area contributed by atoms with Gasteiger partial charge in [-0.3, -0.25) is 14.4 Å². The number of imide groups is 1. The fourth-order valence-corrected chi connectivity index (χ4v) is 1.94. The van der Waals surface area contributed by atoms with Crippen molar-refractivity contribution in [2.75, 3.05) is 10.2 Å². The van der Waals surface area contributed by atoms with Crippen molar-refractivity contribution in [3.05, 3.63) is 24.3 Å². The molecule has 1 rings (SSSR count). The van der Waals surface area contributed by atoms with Crippen LogP contribution in [0.1, 0.15) is 0 Å². The van der Waals surface area contributed by atoms with Crippen LogP contribution >= 0.6 is 0 Å². The highest BCUT2D eigenvalue weighted by Gasteiger charge is 2.71. The van der Waals surface area contributed by atoms with Gasteiger partial charge in [0.15, 0.2) is 0 Å². The maximum atomic E-state index is 13.5. The Morgan fingerprint density at radius 1 is 0.571 bits per heavy atom. The van der Waals surface area contributed by atoms with E-state index in [9.17, 15) is 80.2 Å². The molecule has 0 heterocycles. The van der Waals surface area contributed by atoms with Crippen molar-refractivity contribution < 1.29 is 80.2 Å². The zero-order chi connectivity index (χ0) is 28.0. The summed E-state index contributed by atoms with van der Waals surface area (Å²) >= 11 is 0.